The van der Waals surface area contributed by atoms with Crippen LogP contribution in [0.25, 0.3) is 16.9 Å². The summed E-state index contributed by atoms with van der Waals surface area (Å²) in [5, 5.41) is 2.88. The van der Waals surface area contributed by atoms with Crippen LogP contribution in [0.1, 0.15) is 44.6 Å². The number of rotatable bonds is 7. The number of anilines is 1. The monoisotopic (exact) mass is 843 g/mol. The van der Waals surface area contributed by atoms with E-state index < -0.39 is 54.1 Å². The van der Waals surface area contributed by atoms with E-state index in [0.29, 0.717) is 16.9 Å². The first-order valence-corrected chi connectivity index (χ1v) is 18.1. The molecule has 2 aromatic heterocycles. The molecule has 0 saturated carbocycles. The summed E-state index contributed by atoms with van der Waals surface area (Å²) in [7, 11) is 0. The van der Waals surface area contributed by atoms with Crippen LogP contribution in [0.3, 0.4) is 0 Å². The predicted octanol–water partition coefficient (Wildman–Crippen LogP) is 6.62. The summed E-state index contributed by atoms with van der Waals surface area (Å²) in [5.74, 6) is -1.43. The third kappa shape index (κ3) is 7.67. The van der Waals surface area contributed by atoms with E-state index in [9.17, 15) is 40.7 Å². The van der Waals surface area contributed by atoms with Crippen molar-refractivity contribution in [3.8, 4) is 16.9 Å². The van der Waals surface area contributed by atoms with Crippen LogP contribution in [0.5, 0.6) is 0 Å². The Balaban J connectivity index is 1.26. The third-order valence-electron chi connectivity index (χ3n) is 9.76. The molecule has 1 unspecified atom stereocenters. The van der Waals surface area contributed by atoms with Gasteiger partial charge in [0.1, 0.15) is 12.0 Å². The first-order valence-electron chi connectivity index (χ1n) is 17.3. The van der Waals surface area contributed by atoms with Crippen molar-refractivity contribution in [1.29, 1.82) is 0 Å². The van der Waals surface area contributed by atoms with Crippen LogP contribution in [-0.2, 0) is 30.5 Å². The molecule has 56 heavy (non-hydrogen) atoms. The molecule has 2 amide bonds. The number of halogens is 7. The van der Waals surface area contributed by atoms with Crippen molar-refractivity contribution in [2.45, 2.75) is 51.1 Å². The summed E-state index contributed by atoms with van der Waals surface area (Å²) in [6, 6.07) is 17.5. The van der Waals surface area contributed by atoms with Gasteiger partial charge in [-0.15, -0.1) is 0 Å². The molecule has 1 fully saturated rings. The van der Waals surface area contributed by atoms with E-state index in [2.05, 4.69) is 31.2 Å². The molecule has 0 radical (unpaired) electrons. The standard InChI is InChI=1S/C38H32BrF6N7O4/c1-22-18-51-31(19-50(22)35(54)23-6-11-29(39)28(16-23)37(40,41)42)33(34(53)47-17-24-4-2-3-5-27(24)30-12-13-46-21-48-30)52(36(51)55)26-9-7-25(8-10-26)49-14-15-56-32(20-49)38(43,44)45/h2-13,16,21-22,32H,14-15,17-20H2,1H3,(H,47,53)/t22-,32?/m0/s1. The number of benzene rings is 3. The van der Waals surface area contributed by atoms with E-state index in [0.717, 1.165) is 17.7 Å². The van der Waals surface area contributed by atoms with Gasteiger partial charge in [-0.05, 0) is 61.0 Å². The molecule has 2 aliphatic rings. The highest BCUT2D eigenvalue weighted by atomic mass is 79.9. The Hall–Kier alpha value is -5.49. The minimum Gasteiger partial charge on any atom is -0.366 e. The van der Waals surface area contributed by atoms with Crippen LogP contribution in [0.2, 0.25) is 0 Å². The smallest absolute Gasteiger partial charge is 0.366 e. The Labute approximate surface area is 323 Å². The van der Waals surface area contributed by atoms with Gasteiger partial charge in [-0.1, -0.05) is 40.2 Å². The number of alkyl halides is 6. The summed E-state index contributed by atoms with van der Waals surface area (Å²) in [6.45, 7) is 0.865. The molecule has 18 heteroatoms. The molecule has 0 spiro atoms. The zero-order valence-corrected chi connectivity index (χ0v) is 31.0. The molecule has 0 aliphatic carbocycles. The van der Waals surface area contributed by atoms with Crippen LogP contribution in [-0.4, -0.2) is 73.8 Å². The average Bonchev–Trinajstić information content (AvgIpc) is 3.46. The average molecular weight is 845 g/mol. The van der Waals surface area contributed by atoms with Gasteiger partial charge in [-0.2, -0.15) is 26.3 Å². The van der Waals surface area contributed by atoms with E-state index in [4.69, 9.17) is 4.74 Å². The fraction of sp³-hybridized carbons (Fsp3) is 0.289. The molecule has 1 N–H and O–H groups in total. The maximum Gasteiger partial charge on any atom is 0.417 e. The van der Waals surface area contributed by atoms with Crippen LogP contribution in [0.4, 0.5) is 32.0 Å². The van der Waals surface area contributed by atoms with Gasteiger partial charge in [0.2, 0.25) is 0 Å². The lowest BCUT2D eigenvalue weighted by molar-refractivity contribution is -0.221. The number of amides is 2. The fourth-order valence-electron chi connectivity index (χ4n) is 6.93. The van der Waals surface area contributed by atoms with E-state index >= 15 is 0 Å². The van der Waals surface area contributed by atoms with Gasteiger partial charge in [0.15, 0.2) is 6.10 Å². The number of carbonyl (C=O) groups is 2. The molecule has 1 saturated heterocycles. The van der Waals surface area contributed by atoms with Gasteiger partial charge in [0.25, 0.3) is 11.8 Å². The van der Waals surface area contributed by atoms with Gasteiger partial charge < -0.3 is 19.9 Å². The van der Waals surface area contributed by atoms with Gasteiger partial charge in [0.05, 0.1) is 42.3 Å². The van der Waals surface area contributed by atoms with Crippen LogP contribution in [0, 0.1) is 0 Å². The quantitative estimate of drug-likeness (QED) is 0.183. The maximum atomic E-state index is 14.3. The first kappa shape index (κ1) is 38.8. The second-order valence-corrected chi connectivity index (χ2v) is 14.2. The number of fused-ring (bicyclic) bond motifs is 1. The highest BCUT2D eigenvalue weighted by molar-refractivity contribution is 9.10. The molecule has 5 aromatic rings. The van der Waals surface area contributed by atoms with Crippen molar-refractivity contribution >= 4 is 33.4 Å². The lowest BCUT2D eigenvalue weighted by Gasteiger charge is -2.35. The highest BCUT2D eigenvalue weighted by Gasteiger charge is 2.43. The first-order chi connectivity index (χ1) is 26.6. The summed E-state index contributed by atoms with van der Waals surface area (Å²) in [5.41, 5.74) is 0.804. The van der Waals surface area contributed by atoms with Crippen molar-refractivity contribution in [3.05, 3.63) is 128 Å². The van der Waals surface area contributed by atoms with Crippen LogP contribution >= 0.6 is 15.9 Å². The van der Waals surface area contributed by atoms with Crippen molar-refractivity contribution in [3.63, 3.8) is 0 Å². The number of aromatic nitrogens is 4. The van der Waals surface area contributed by atoms with Gasteiger partial charge in [-0.25, -0.2) is 14.8 Å². The third-order valence-corrected chi connectivity index (χ3v) is 10.4. The second-order valence-electron chi connectivity index (χ2n) is 13.3. The normalized spacial score (nSPS) is 17.4. The maximum absolute atomic E-state index is 14.3. The summed E-state index contributed by atoms with van der Waals surface area (Å²) in [6.07, 6.45) is -8.30. The molecule has 3 aromatic carbocycles. The minimum absolute atomic E-state index is 0.00762. The Morgan fingerprint density at radius 1 is 0.964 bits per heavy atom. The largest absolute Gasteiger partial charge is 0.417 e. The molecule has 2 atom stereocenters. The minimum atomic E-state index is -4.74. The SMILES string of the molecule is C[C@H]1Cn2c(c(C(=O)NCc3ccccc3-c3ccncn3)n(-c3ccc(N4CCOC(C(F)(F)F)C4)cc3)c2=O)CN1C(=O)c1ccc(Br)c(C(F)(F)F)c1. The Morgan fingerprint density at radius 2 is 1.70 bits per heavy atom. The van der Waals surface area contributed by atoms with Gasteiger partial charge in [0, 0.05) is 53.2 Å². The molecule has 11 nitrogen and oxygen atoms in total. The lowest BCUT2D eigenvalue weighted by atomic mass is 10.0. The number of hydrogen-bond donors (Lipinski definition) is 1. The molecule has 2 aliphatic heterocycles. The van der Waals surface area contributed by atoms with E-state index in [1.807, 2.05) is 12.1 Å². The molecule has 4 heterocycles. The predicted molar refractivity (Wildman–Crippen MR) is 195 cm³/mol. The lowest BCUT2D eigenvalue weighted by Crippen LogP contribution is -2.49. The van der Waals surface area contributed by atoms with Crippen molar-refractivity contribution in [2.75, 3.05) is 24.6 Å². The van der Waals surface area contributed by atoms with Crippen LogP contribution in [0.15, 0.2) is 94.6 Å². The van der Waals surface area contributed by atoms with Crippen LogP contribution < -0.4 is 15.9 Å². The number of nitrogens with zero attached hydrogens (tertiary/aromatic N) is 6. The van der Waals surface area contributed by atoms with Crippen molar-refractivity contribution < 1.29 is 40.7 Å². The topological polar surface area (TPSA) is 115 Å². The van der Waals surface area contributed by atoms with Gasteiger partial charge in [-0.3, -0.25) is 18.7 Å². The van der Waals surface area contributed by atoms with E-state index in [1.54, 1.807) is 43.5 Å². The number of carbonyl (C=O) groups excluding carboxylic acids is 2. The number of hydrogen-bond acceptors (Lipinski definition) is 7. The summed E-state index contributed by atoms with van der Waals surface area (Å²) < 4.78 is 88.9. The Bertz CT molecular complexity index is 2330. The van der Waals surface area contributed by atoms with Crippen molar-refractivity contribution in [1.82, 2.24) is 29.3 Å². The second kappa shape index (κ2) is 15.2. The molecular formula is C38H32BrF6N7O4. The molecular weight excluding hydrogens is 812 g/mol. The zero-order chi connectivity index (χ0) is 39.9. The van der Waals surface area contributed by atoms with Crippen molar-refractivity contribution in [2.24, 2.45) is 0 Å². The van der Waals surface area contributed by atoms with Gasteiger partial charge >= 0.3 is 18.0 Å². The number of nitrogens with one attached hydrogen (secondary N) is 1. The Morgan fingerprint density at radius 3 is 2.39 bits per heavy atom. The zero-order valence-electron chi connectivity index (χ0n) is 29.4. The summed E-state index contributed by atoms with van der Waals surface area (Å²) in [4.78, 5) is 53.5. The fourth-order valence-corrected chi connectivity index (χ4v) is 7.40. The number of morpholine rings is 1. The number of imidazole rings is 1. The molecule has 7 rings (SSSR count). The van der Waals surface area contributed by atoms with E-state index in [-0.39, 0.29) is 59.9 Å². The Kier molecular flexibility index (Phi) is 10.5. The molecule has 0 bridgehead atoms. The molecule has 292 valence electrons. The highest BCUT2D eigenvalue weighted by Crippen LogP contribution is 2.36. The van der Waals surface area contributed by atoms with E-state index in [1.165, 1.54) is 43.5 Å². The number of ether oxygens (including phenoxy) is 1. The summed E-state index contributed by atoms with van der Waals surface area (Å²) >= 11 is 2.90.